The standard InChI is InChI=1S/C21H40N4O2S/c1-3-22-20(24-18-8-7-9-19(16-18)28(26)4-2)23-17-21(10-14-27-15-11-21)25-12-5-6-13-25/h18-19H,3-17H2,1-2H3,(H2,22,23,24). The van der Waals surface area contributed by atoms with Gasteiger partial charge in [-0.2, -0.15) is 0 Å². The van der Waals surface area contributed by atoms with Gasteiger partial charge in [-0.25, -0.2) is 0 Å². The maximum Gasteiger partial charge on any atom is 0.191 e. The van der Waals surface area contributed by atoms with Gasteiger partial charge in [0.05, 0.1) is 6.54 Å². The van der Waals surface area contributed by atoms with E-state index in [9.17, 15) is 4.21 Å². The van der Waals surface area contributed by atoms with E-state index in [1.165, 1.54) is 25.9 Å². The molecule has 2 aliphatic heterocycles. The van der Waals surface area contributed by atoms with E-state index in [0.29, 0.717) is 11.3 Å². The summed E-state index contributed by atoms with van der Waals surface area (Å²) in [6.07, 6.45) is 9.18. The number of aliphatic imine (C=N–C) groups is 1. The highest BCUT2D eigenvalue weighted by Crippen LogP contribution is 2.31. The first-order valence-corrected chi connectivity index (χ1v) is 12.8. The van der Waals surface area contributed by atoms with Crippen LogP contribution in [0.4, 0.5) is 0 Å². The van der Waals surface area contributed by atoms with Crippen LogP contribution in [0, 0.1) is 0 Å². The van der Waals surface area contributed by atoms with Gasteiger partial charge >= 0.3 is 0 Å². The van der Waals surface area contributed by atoms with Crippen LogP contribution in [0.1, 0.15) is 65.2 Å². The van der Waals surface area contributed by atoms with E-state index in [4.69, 9.17) is 9.73 Å². The molecule has 6 nitrogen and oxygen atoms in total. The molecule has 7 heteroatoms. The molecule has 1 aliphatic carbocycles. The Morgan fingerprint density at radius 2 is 1.93 bits per heavy atom. The molecule has 3 unspecified atom stereocenters. The first-order valence-electron chi connectivity index (χ1n) is 11.4. The summed E-state index contributed by atoms with van der Waals surface area (Å²) in [6, 6.07) is 0.379. The van der Waals surface area contributed by atoms with Crippen LogP contribution in [0.25, 0.3) is 0 Å². The van der Waals surface area contributed by atoms with E-state index in [1.807, 2.05) is 6.92 Å². The lowest BCUT2D eigenvalue weighted by Crippen LogP contribution is -2.54. The van der Waals surface area contributed by atoms with Crippen LogP contribution in [-0.4, -0.2) is 77.0 Å². The lowest BCUT2D eigenvalue weighted by atomic mass is 9.88. The number of hydrogen-bond donors (Lipinski definition) is 2. The molecule has 0 radical (unpaired) electrons. The molecule has 3 rings (SSSR count). The second kappa shape index (κ2) is 10.9. The van der Waals surface area contributed by atoms with Gasteiger partial charge in [0.15, 0.2) is 5.96 Å². The molecule has 3 fully saturated rings. The molecule has 3 aliphatic rings. The maximum absolute atomic E-state index is 12.3. The van der Waals surface area contributed by atoms with Gasteiger partial charge in [-0.15, -0.1) is 0 Å². The highest BCUT2D eigenvalue weighted by molar-refractivity contribution is 7.85. The summed E-state index contributed by atoms with van der Waals surface area (Å²) < 4.78 is 17.9. The van der Waals surface area contributed by atoms with Gasteiger partial charge in [0.2, 0.25) is 0 Å². The zero-order valence-electron chi connectivity index (χ0n) is 17.9. The number of rotatable bonds is 7. The van der Waals surface area contributed by atoms with Gasteiger partial charge in [0.1, 0.15) is 0 Å². The lowest BCUT2D eigenvalue weighted by Gasteiger charge is -2.43. The van der Waals surface area contributed by atoms with Crippen molar-refractivity contribution in [1.29, 1.82) is 0 Å². The average molecular weight is 413 g/mol. The number of likely N-dealkylation sites (tertiary alicyclic amines) is 1. The molecule has 0 amide bonds. The Bertz CT molecular complexity index is 530. The Kier molecular flexibility index (Phi) is 8.60. The minimum absolute atomic E-state index is 0.163. The van der Waals surface area contributed by atoms with E-state index >= 15 is 0 Å². The van der Waals surface area contributed by atoms with Crippen molar-refractivity contribution in [2.75, 3.05) is 45.1 Å². The molecular formula is C21H40N4O2S. The summed E-state index contributed by atoms with van der Waals surface area (Å²) in [5.74, 6) is 1.70. The zero-order valence-corrected chi connectivity index (χ0v) is 18.7. The molecule has 28 heavy (non-hydrogen) atoms. The topological polar surface area (TPSA) is 66.0 Å². The first-order chi connectivity index (χ1) is 13.7. The Hall–Kier alpha value is -0.660. The fourth-order valence-corrected chi connectivity index (χ4v) is 6.36. The van der Waals surface area contributed by atoms with Crippen LogP contribution in [0.15, 0.2) is 4.99 Å². The highest BCUT2D eigenvalue weighted by atomic mass is 32.2. The number of hydrogen-bond acceptors (Lipinski definition) is 4. The van der Waals surface area contributed by atoms with Gasteiger partial charge in [-0.1, -0.05) is 13.3 Å². The van der Waals surface area contributed by atoms with E-state index in [1.54, 1.807) is 0 Å². The van der Waals surface area contributed by atoms with Gasteiger partial charge in [0, 0.05) is 53.1 Å². The zero-order chi connectivity index (χ0) is 19.8. The normalized spacial score (nSPS) is 30.1. The molecule has 0 spiro atoms. The summed E-state index contributed by atoms with van der Waals surface area (Å²) in [5, 5.41) is 7.45. The van der Waals surface area contributed by atoms with Gasteiger partial charge in [0.25, 0.3) is 0 Å². The molecule has 0 aromatic rings. The van der Waals surface area contributed by atoms with Gasteiger partial charge < -0.3 is 15.4 Å². The van der Waals surface area contributed by atoms with Crippen LogP contribution in [0.5, 0.6) is 0 Å². The maximum atomic E-state index is 12.3. The molecule has 0 aromatic carbocycles. The minimum Gasteiger partial charge on any atom is -0.381 e. The molecule has 0 aromatic heterocycles. The molecule has 162 valence electrons. The Labute approximate surface area is 173 Å². The lowest BCUT2D eigenvalue weighted by molar-refractivity contribution is -0.0139. The van der Waals surface area contributed by atoms with Gasteiger partial charge in [-0.05, 0) is 65.0 Å². The largest absolute Gasteiger partial charge is 0.381 e. The van der Waals surface area contributed by atoms with E-state index in [2.05, 4.69) is 22.5 Å². The molecule has 2 heterocycles. The van der Waals surface area contributed by atoms with Crippen molar-refractivity contribution in [2.45, 2.75) is 82.0 Å². The Balaban J connectivity index is 1.64. The molecular weight excluding hydrogens is 372 g/mol. The van der Waals surface area contributed by atoms with Crippen LogP contribution in [0.2, 0.25) is 0 Å². The molecule has 0 bridgehead atoms. The molecule has 1 saturated carbocycles. The predicted octanol–water partition coefficient (Wildman–Crippen LogP) is 2.27. The molecule has 3 atom stereocenters. The summed E-state index contributed by atoms with van der Waals surface area (Å²) in [6.45, 7) is 9.96. The SMILES string of the molecule is CCNC(=NCC1(N2CCCC2)CCOCC1)NC1CCCC(S(=O)CC)C1. The van der Waals surface area contributed by atoms with Crippen molar-refractivity contribution in [2.24, 2.45) is 4.99 Å². The van der Waals surface area contributed by atoms with Crippen LogP contribution in [0.3, 0.4) is 0 Å². The molecule has 2 N–H and O–H groups in total. The fourth-order valence-electron chi connectivity index (χ4n) is 5.01. The van der Waals surface area contributed by atoms with Crippen molar-refractivity contribution >= 4 is 16.8 Å². The summed E-state index contributed by atoms with van der Waals surface area (Å²) in [7, 11) is -0.690. The fraction of sp³-hybridized carbons (Fsp3) is 0.952. The summed E-state index contributed by atoms with van der Waals surface area (Å²) in [5.41, 5.74) is 0.163. The van der Waals surface area contributed by atoms with Crippen molar-refractivity contribution in [3.8, 4) is 0 Å². The van der Waals surface area contributed by atoms with Crippen molar-refractivity contribution in [1.82, 2.24) is 15.5 Å². The third kappa shape index (κ3) is 5.70. The first kappa shape index (κ1) is 22.0. The Morgan fingerprint density at radius 1 is 1.18 bits per heavy atom. The van der Waals surface area contributed by atoms with E-state index in [0.717, 1.165) is 76.5 Å². The quantitative estimate of drug-likeness (QED) is 0.496. The van der Waals surface area contributed by atoms with E-state index in [-0.39, 0.29) is 5.54 Å². The van der Waals surface area contributed by atoms with Crippen LogP contribution in [-0.2, 0) is 15.5 Å². The van der Waals surface area contributed by atoms with Gasteiger partial charge in [-0.3, -0.25) is 14.1 Å². The average Bonchev–Trinajstić information content (AvgIpc) is 3.28. The highest BCUT2D eigenvalue weighted by Gasteiger charge is 2.39. The minimum atomic E-state index is -0.690. The van der Waals surface area contributed by atoms with Crippen LogP contribution >= 0.6 is 0 Å². The third-order valence-corrected chi connectivity index (χ3v) is 8.44. The van der Waals surface area contributed by atoms with E-state index < -0.39 is 10.8 Å². The van der Waals surface area contributed by atoms with Crippen molar-refractivity contribution in [3.63, 3.8) is 0 Å². The number of nitrogens with zero attached hydrogens (tertiary/aromatic N) is 2. The second-order valence-electron chi connectivity index (χ2n) is 8.53. The van der Waals surface area contributed by atoms with Crippen molar-refractivity contribution in [3.05, 3.63) is 0 Å². The number of guanidine groups is 1. The monoisotopic (exact) mass is 412 g/mol. The summed E-state index contributed by atoms with van der Waals surface area (Å²) in [4.78, 5) is 7.73. The molecule has 2 saturated heterocycles. The third-order valence-electron chi connectivity index (χ3n) is 6.70. The number of nitrogens with one attached hydrogen (secondary N) is 2. The summed E-state index contributed by atoms with van der Waals surface area (Å²) >= 11 is 0. The smallest absolute Gasteiger partial charge is 0.191 e. The Morgan fingerprint density at radius 3 is 2.61 bits per heavy atom. The van der Waals surface area contributed by atoms with Crippen molar-refractivity contribution < 1.29 is 8.95 Å². The van der Waals surface area contributed by atoms with Crippen LogP contribution < -0.4 is 10.6 Å². The number of ether oxygens (including phenoxy) is 1. The second-order valence-corrected chi connectivity index (χ2v) is 10.5. The predicted molar refractivity (Wildman–Crippen MR) is 117 cm³/mol.